The van der Waals surface area contributed by atoms with Crippen LogP contribution in [0.2, 0.25) is 0 Å². The molecule has 4 nitrogen and oxygen atoms in total. The van der Waals surface area contributed by atoms with Crippen LogP contribution in [0.4, 0.5) is 35.1 Å². The van der Waals surface area contributed by atoms with Crippen LogP contribution in [0.1, 0.15) is 41.5 Å². The molecule has 12 heteroatoms. The molecule has 0 aliphatic rings. The van der Waals surface area contributed by atoms with Crippen molar-refractivity contribution in [3.05, 3.63) is 17.0 Å². The van der Waals surface area contributed by atoms with E-state index in [1.807, 2.05) is 0 Å². The lowest BCUT2D eigenvalue weighted by Gasteiger charge is -2.19. The number of carboxylic acids is 1. The highest BCUT2D eigenvalue weighted by Gasteiger charge is 2.64. The minimum absolute atomic E-state index is 0.0175. The summed E-state index contributed by atoms with van der Waals surface area (Å²) in [6.45, 7) is 1.01. The zero-order valence-corrected chi connectivity index (χ0v) is 11.4. The Labute approximate surface area is 123 Å². The maximum atomic E-state index is 13.3. The molecule has 0 amide bonds. The first-order valence-corrected chi connectivity index (χ1v) is 6.11. The number of aryl methyl sites for hydroxylation is 1. The molecule has 23 heavy (non-hydrogen) atoms. The topological polar surface area (TPSA) is 55.1 Å². The van der Waals surface area contributed by atoms with Crippen LogP contribution in [0.5, 0.6) is 0 Å². The molecule has 0 aromatic carbocycles. The van der Waals surface area contributed by atoms with E-state index in [1.54, 1.807) is 6.92 Å². The van der Waals surface area contributed by atoms with Gasteiger partial charge in [-0.15, -0.1) is 0 Å². The molecule has 0 saturated carbocycles. The number of halogens is 8. The summed E-state index contributed by atoms with van der Waals surface area (Å²) in [4.78, 5) is 11.0. The molecule has 0 radical (unpaired) electrons. The zero-order valence-electron chi connectivity index (χ0n) is 11.4. The van der Waals surface area contributed by atoms with E-state index in [9.17, 15) is 39.9 Å². The summed E-state index contributed by atoms with van der Waals surface area (Å²) in [6.07, 6.45) is -11.7. The maximum Gasteiger partial charge on any atom is 0.459 e. The number of hydrogen-bond donors (Lipinski definition) is 1. The second-order valence-electron chi connectivity index (χ2n) is 4.52. The molecule has 0 atom stereocenters. The van der Waals surface area contributed by atoms with Gasteiger partial charge in [-0.3, -0.25) is 4.68 Å². The van der Waals surface area contributed by atoms with Crippen LogP contribution < -0.4 is 0 Å². The van der Waals surface area contributed by atoms with Crippen molar-refractivity contribution < 1.29 is 45.0 Å². The second kappa shape index (κ2) is 5.96. The summed E-state index contributed by atoms with van der Waals surface area (Å²) in [7, 11) is 0. The molecular weight excluding hydrogens is 344 g/mol. The quantitative estimate of drug-likeness (QED) is 0.812. The standard InChI is InChI=1S/C11H10F8N2O2/c1-2-3-4-21-6(8(22)23)5(10(14,15)16)7(20-21)9(12,13)11(17,18)19/h2-4H2,1H3,(H,22,23). The van der Waals surface area contributed by atoms with E-state index in [0.717, 1.165) is 0 Å². The van der Waals surface area contributed by atoms with E-state index in [4.69, 9.17) is 5.11 Å². The molecule has 0 fully saturated rings. The number of alkyl halides is 8. The van der Waals surface area contributed by atoms with Gasteiger partial charge in [0.25, 0.3) is 0 Å². The average Bonchev–Trinajstić information content (AvgIpc) is 2.74. The van der Waals surface area contributed by atoms with Crippen molar-refractivity contribution in [3.63, 3.8) is 0 Å². The van der Waals surface area contributed by atoms with Gasteiger partial charge in [0.05, 0.1) is 0 Å². The van der Waals surface area contributed by atoms with E-state index in [0.29, 0.717) is 6.42 Å². The average molecular weight is 354 g/mol. The van der Waals surface area contributed by atoms with E-state index in [1.165, 1.54) is 0 Å². The van der Waals surface area contributed by atoms with Gasteiger partial charge in [0, 0.05) is 6.54 Å². The molecule has 0 spiro atoms. The summed E-state index contributed by atoms with van der Waals surface area (Å²) in [5, 5.41) is 11.4. The lowest BCUT2D eigenvalue weighted by Crippen LogP contribution is -2.36. The molecule has 0 aliphatic carbocycles. The number of rotatable bonds is 5. The highest BCUT2D eigenvalue weighted by atomic mass is 19.4. The van der Waals surface area contributed by atoms with Crippen molar-refractivity contribution >= 4 is 5.97 Å². The van der Waals surface area contributed by atoms with Crippen LogP contribution in [0.15, 0.2) is 0 Å². The Morgan fingerprint density at radius 2 is 1.65 bits per heavy atom. The molecule has 0 bridgehead atoms. The van der Waals surface area contributed by atoms with Crippen LogP contribution >= 0.6 is 0 Å². The third-order valence-electron chi connectivity index (χ3n) is 2.82. The van der Waals surface area contributed by atoms with Crippen molar-refractivity contribution in [3.8, 4) is 0 Å². The lowest BCUT2D eigenvalue weighted by atomic mass is 10.1. The Bertz CT molecular complexity index is 588. The van der Waals surface area contributed by atoms with Gasteiger partial charge >= 0.3 is 24.2 Å². The van der Waals surface area contributed by atoms with Crippen molar-refractivity contribution in [2.24, 2.45) is 0 Å². The normalized spacial score (nSPS) is 13.4. The van der Waals surface area contributed by atoms with Gasteiger partial charge in [-0.25, -0.2) is 4.79 Å². The van der Waals surface area contributed by atoms with Gasteiger partial charge in [-0.2, -0.15) is 40.2 Å². The number of unbranched alkanes of at least 4 members (excludes halogenated alkanes) is 1. The van der Waals surface area contributed by atoms with Crippen LogP contribution in [0.3, 0.4) is 0 Å². The maximum absolute atomic E-state index is 13.3. The highest BCUT2D eigenvalue weighted by molar-refractivity contribution is 5.88. The first kappa shape index (κ1) is 19.2. The van der Waals surface area contributed by atoms with Gasteiger partial charge in [0.1, 0.15) is 5.56 Å². The second-order valence-corrected chi connectivity index (χ2v) is 4.52. The van der Waals surface area contributed by atoms with E-state index >= 15 is 0 Å². The number of carboxylic acid groups (broad SMARTS) is 1. The van der Waals surface area contributed by atoms with E-state index < -0.39 is 47.7 Å². The fourth-order valence-electron chi connectivity index (χ4n) is 1.77. The SMILES string of the molecule is CCCCn1nc(C(F)(F)C(F)(F)F)c(C(F)(F)F)c1C(=O)O. The van der Waals surface area contributed by atoms with Crippen LogP contribution in [-0.4, -0.2) is 27.0 Å². The molecule has 1 heterocycles. The van der Waals surface area contributed by atoms with Crippen LogP contribution in [0, 0.1) is 0 Å². The number of aromatic nitrogens is 2. The number of carbonyl (C=O) groups is 1. The smallest absolute Gasteiger partial charge is 0.459 e. The number of hydrogen-bond acceptors (Lipinski definition) is 2. The fourth-order valence-corrected chi connectivity index (χ4v) is 1.77. The highest BCUT2D eigenvalue weighted by Crippen LogP contribution is 2.48. The van der Waals surface area contributed by atoms with Crippen molar-refractivity contribution in [1.29, 1.82) is 0 Å². The minimum atomic E-state index is -6.35. The Balaban J connectivity index is 3.73. The molecule has 0 unspecified atom stereocenters. The third kappa shape index (κ3) is 3.55. The summed E-state index contributed by atoms with van der Waals surface area (Å²) >= 11 is 0. The van der Waals surface area contributed by atoms with E-state index in [2.05, 4.69) is 5.10 Å². The molecule has 132 valence electrons. The van der Waals surface area contributed by atoms with Gasteiger partial charge < -0.3 is 5.11 Å². The summed E-state index contributed by atoms with van der Waals surface area (Å²) in [5.74, 6) is -8.25. The molecule has 0 aliphatic heterocycles. The van der Waals surface area contributed by atoms with Crippen molar-refractivity contribution in [2.75, 3.05) is 0 Å². The van der Waals surface area contributed by atoms with Crippen LogP contribution in [-0.2, 0) is 18.6 Å². The zero-order chi connectivity index (χ0) is 18.2. The molecule has 1 aromatic rings. The summed E-state index contributed by atoms with van der Waals surface area (Å²) < 4.78 is 103. The van der Waals surface area contributed by atoms with Gasteiger partial charge in [0.15, 0.2) is 11.4 Å². The molecule has 1 rings (SSSR count). The van der Waals surface area contributed by atoms with Gasteiger partial charge in [0.2, 0.25) is 0 Å². The minimum Gasteiger partial charge on any atom is -0.477 e. The molecule has 1 aromatic heterocycles. The van der Waals surface area contributed by atoms with Crippen molar-refractivity contribution in [2.45, 2.75) is 44.6 Å². The number of aromatic carboxylic acids is 1. The predicted octanol–water partition coefficient (Wildman–Crippen LogP) is 4.05. The Morgan fingerprint density at radius 3 is 2.00 bits per heavy atom. The first-order valence-electron chi connectivity index (χ1n) is 6.11. The summed E-state index contributed by atoms with van der Waals surface area (Å²) in [6, 6.07) is 0. The largest absolute Gasteiger partial charge is 0.477 e. The molecular formula is C11H10F8N2O2. The van der Waals surface area contributed by atoms with Gasteiger partial charge in [-0.05, 0) is 6.42 Å². The van der Waals surface area contributed by atoms with E-state index in [-0.39, 0.29) is 11.1 Å². The number of nitrogens with zero attached hydrogens (tertiary/aromatic N) is 2. The Hall–Kier alpha value is -1.88. The van der Waals surface area contributed by atoms with Crippen LogP contribution in [0.25, 0.3) is 0 Å². The fraction of sp³-hybridized carbons (Fsp3) is 0.636. The molecule has 1 N–H and O–H groups in total. The molecule has 0 saturated heterocycles. The van der Waals surface area contributed by atoms with Gasteiger partial charge in [-0.1, -0.05) is 13.3 Å². The first-order chi connectivity index (χ1) is 10.2. The monoisotopic (exact) mass is 354 g/mol. The Kier molecular flexibility index (Phi) is 4.97. The predicted molar refractivity (Wildman–Crippen MR) is 59.0 cm³/mol. The summed E-state index contributed by atoms with van der Waals surface area (Å²) in [5.41, 5.74) is -7.00. The lowest BCUT2D eigenvalue weighted by molar-refractivity contribution is -0.292. The third-order valence-corrected chi connectivity index (χ3v) is 2.82. The van der Waals surface area contributed by atoms with Crippen molar-refractivity contribution in [1.82, 2.24) is 9.78 Å². The Morgan fingerprint density at radius 1 is 1.13 bits per heavy atom.